The van der Waals surface area contributed by atoms with Gasteiger partial charge < -0.3 is 19.3 Å². The van der Waals surface area contributed by atoms with Crippen LogP contribution in [0.15, 0.2) is 66.0 Å². The van der Waals surface area contributed by atoms with Crippen LogP contribution in [0.4, 0.5) is 0 Å². The van der Waals surface area contributed by atoms with E-state index in [1.165, 1.54) is 26.8 Å². The Balaban J connectivity index is 1.28. The van der Waals surface area contributed by atoms with Crippen molar-refractivity contribution in [2.45, 2.75) is 39.7 Å². The zero-order chi connectivity index (χ0) is 27.4. The van der Waals surface area contributed by atoms with Gasteiger partial charge in [0.05, 0.1) is 32.2 Å². The number of carbonyl (C=O) groups is 1. The summed E-state index contributed by atoms with van der Waals surface area (Å²) in [7, 11) is 0. The molecule has 2 heterocycles. The van der Waals surface area contributed by atoms with E-state index in [1.54, 1.807) is 18.3 Å². The van der Waals surface area contributed by atoms with Gasteiger partial charge in [0.1, 0.15) is 18.1 Å². The first-order chi connectivity index (χ1) is 18.8. The third-order valence-electron chi connectivity index (χ3n) is 7.00. The number of ether oxygens (including phenoxy) is 3. The molecule has 1 atom stereocenters. The summed E-state index contributed by atoms with van der Waals surface area (Å²) in [6.45, 7) is 8.64. The minimum Gasteiger partial charge on any atom is -0.493 e. The molecule has 0 radical (unpaired) electrons. The Bertz CT molecular complexity index is 1540. The lowest BCUT2D eigenvalue weighted by molar-refractivity contribution is -0.137. The second-order valence-corrected chi connectivity index (χ2v) is 11.4. The van der Waals surface area contributed by atoms with Crippen LogP contribution >= 0.6 is 11.3 Å². The second-order valence-electron chi connectivity index (χ2n) is 10.5. The standard InChI is InChI=1S/C33H32O5S/c1-4-5-25(16-32(34)35)24-7-9-26(10-8-24)37-17-23-6-13-31-29(15-23)30(18-39-31)28-12-11-27(14-22(28)2)38-21-33(3)19-36-20-33/h6-15,18,25H,16-17,19-21H2,1-3H3,(H,34,35). The lowest BCUT2D eigenvalue weighted by Gasteiger charge is -2.37. The lowest BCUT2D eigenvalue weighted by Crippen LogP contribution is -2.44. The smallest absolute Gasteiger partial charge is 0.304 e. The Kier molecular flexibility index (Phi) is 7.92. The molecule has 0 bridgehead atoms. The van der Waals surface area contributed by atoms with Crippen molar-refractivity contribution in [3.05, 3.63) is 82.7 Å². The van der Waals surface area contributed by atoms with Crippen LogP contribution in [0.5, 0.6) is 11.5 Å². The van der Waals surface area contributed by atoms with E-state index in [-0.39, 0.29) is 17.8 Å². The maximum Gasteiger partial charge on any atom is 0.304 e. The van der Waals surface area contributed by atoms with Crippen LogP contribution in [0.2, 0.25) is 0 Å². The monoisotopic (exact) mass is 540 g/mol. The predicted octanol–water partition coefficient (Wildman–Crippen LogP) is 7.45. The van der Waals surface area contributed by atoms with Crippen LogP contribution in [0, 0.1) is 24.2 Å². The molecule has 5 nitrogen and oxygen atoms in total. The van der Waals surface area contributed by atoms with Crippen molar-refractivity contribution in [1.29, 1.82) is 0 Å². The van der Waals surface area contributed by atoms with E-state index < -0.39 is 5.97 Å². The fourth-order valence-corrected chi connectivity index (χ4v) is 5.70. The number of fused-ring (bicyclic) bond motifs is 1. The molecule has 0 amide bonds. The molecule has 0 spiro atoms. The third-order valence-corrected chi connectivity index (χ3v) is 7.96. The van der Waals surface area contributed by atoms with Crippen LogP contribution in [0.3, 0.4) is 0 Å². The average Bonchev–Trinajstić information content (AvgIpc) is 3.32. The average molecular weight is 541 g/mol. The molecule has 1 N–H and O–H groups in total. The molecule has 1 unspecified atom stereocenters. The van der Waals surface area contributed by atoms with Crippen LogP contribution in [0.25, 0.3) is 21.2 Å². The van der Waals surface area contributed by atoms with E-state index in [4.69, 9.17) is 14.2 Å². The normalized spacial score (nSPS) is 14.6. The largest absolute Gasteiger partial charge is 0.493 e. The zero-order valence-electron chi connectivity index (χ0n) is 22.5. The summed E-state index contributed by atoms with van der Waals surface area (Å²) >= 11 is 1.74. The summed E-state index contributed by atoms with van der Waals surface area (Å²) in [5.74, 6) is 6.24. The summed E-state index contributed by atoms with van der Waals surface area (Å²) in [5, 5.41) is 12.6. The molecule has 4 aromatic rings. The molecule has 5 rings (SSSR count). The molecular weight excluding hydrogens is 508 g/mol. The van der Waals surface area contributed by atoms with E-state index in [1.807, 2.05) is 24.3 Å². The number of benzene rings is 3. The van der Waals surface area contributed by atoms with Gasteiger partial charge >= 0.3 is 5.97 Å². The van der Waals surface area contributed by atoms with Gasteiger partial charge in [0.25, 0.3) is 0 Å². The van der Waals surface area contributed by atoms with Crippen LogP contribution in [0.1, 0.15) is 42.9 Å². The first kappa shape index (κ1) is 26.8. The van der Waals surface area contributed by atoms with E-state index in [9.17, 15) is 9.90 Å². The number of hydrogen-bond donors (Lipinski definition) is 1. The topological polar surface area (TPSA) is 65.0 Å². The van der Waals surface area contributed by atoms with Gasteiger partial charge in [-0.25, -0.2) is 0 Å². The highest BCUT2D eigenvalue weighted by Gasteiger charge is 2.34. The van der Waals surface area contributed by atoms with E-state index in [0.717, 1.165) is 35.8 Å². The van der Waals surface area contributed by atoms with Gasteiger partial charge in [0.2, 0.25) is 0 Å². The number of aryl methyl sites for hydroxylation is 1. The molecule has 0 saturated carbocycles. The molecule has 200 valence electrons. The molecule has 1 saturated heterocycles. The molecule has 0 aliphatic carbocycles. The molecule has 1 aliphatic rings. The van der Waals surface area contributed by atoms with Crippen molar-refractivity contribution in [2.24, 2.45) is 5.41 Å². The van der Waals surface area contributed by atoms with Crippen molar-refractivity contribution in [3.8, 4) is 34.5 Å². The summed E-state index contributed by atoms with van der Waals surface area (Å²) < 4.78 is 18.7. The van der Waals surface area contributed by atoms with Gasteiger partial charge in [0, 0.05) is 21.1 Å². The van der Waals surface area contributed by atoms with Crippen LogP contribution in [-0.4, -0.2) is 30.9 Å². The number of hydrogen-bond acceptors (Lipinski definition) is 5. The van der Waals surface area contributed by atoms with Crippen molar-refractivity contribution < 1.29 is 24.1 Å². The summed E-state index contributed by atoms with van der Waals surface area (Å²) in [4.78, 5) is 11.2. The van der Waals surface area contributed by atoms with Gasteiger partial charge in [-0.15, -0.1) is 17.3 Å². The van der Waals surface area contributed by atoms with E-state index >= 15 is 0 Å². The highest BCUT2D eigenvalue weighted by Crippen LogP contribution is 2.38. The molecule has 1 aromatic heterocycles. The maximum absolute atomic E-state index is 11.2. The van der Waals surface area contributed by atoms with Gasteiger partial charge in [-0.05, 0) is 77.9 Å². The minimum atomic E-state index is -0.861. The molecule has 1 aliphatic heterocycles. The van der Waals surface area contributed by atoms with Crippen LogP contribution in [-0.2, 0) is 16.1 Å². The quantitative estimate of drug-likeness (QED) is 0.212. The van der Waals surface area contributed by atoms with E-state index in [0.29, 0.717) is 13.2 Å². The summed E-state index contributed by atoms with van der Waals surface area (Å²) in [6.07, 6.45) is -0.0197. The number of rotatable bonds is 10. The summed E-state index contributed by atoms with van der Waals surface area (Å²) in [6, 6.07) is 20.3. The van der Waals surface area contributed by atoms with Crippen molar-refractivity contribution in [1.82, 2.24) is 0 Å². The number of thiophene rings is 1. The van der Waals surface area contributed by atoms with Gasteiger partial charge in [-0.3, -0.25) is 4.79 Å². The Labute approximate surface area is 233 Å². The number of carboxylic acid groups (broad SMARTS) is 1. The maximum atomic E-state index is 11.2. The number of carboxylic acids is 1. The zero-order valence-corrected chi connectivity index (χ0v) is 23.3. The van der Waals surface area contributed by atoms with Crippen molar-refractivity contribution in [3.63, 3.8) is 0 Å². The van der Waals surface area contributed by atoms with Gasteiger partial charge in [-0.2, -0.15) is 0 Å². The Morgan fingerprint density at radius 3 is 2.49 bits per heavy atom. The Morgan fingerprint density at radius 2 is 1.82 bits per heavy atom. The Hall–Kier alpha value is -3.79. The SMILES string of the molecule is CC#CC(CC(=O)O)c1ccc(OCc2ccc3scc(-c4ccc(OCC5(C)COC5)cc4C)c3c2)cc1. The molecular formula is C33H32O5S. The van der Waals surface area contributed by atoms with Crippen molar-refractivity contribution >= 4 is 27.4 Å². The molecule has 1 fully saturated rings. The van der Waals surface area contributed by atoms with Gasteiger partial charge in [0.15, 0.2) is 0 Å². The molecule has 39 heavy (non-hydrogen) atoms. The fraction of sp³-hybridized carbons (Fsp3) is 0.303. The third kappa shape index (κ3) is 6.27. The second kappa shape index (κ2) is 11.5. The lowest BCUT2D eigenvalue weighted by atomic mass is 9.90. The Morgan fingerprint density at radius 1 is 1.05 bits per heavy atom. The highest BCUT2D eigenvalue weighted by atomic mass is 32.1. The fourth-order valence-electron chi connectivity index (χ4n) is 4.76. The van der Waals surface area contributed by atoms with Gasteiger partial charge in [-0.1, -0.05) is 37.1 Å². The first-order valence-electron chi connectivity index (χ1n) is 13.0. The highest BCUT2D eigenvalue weighted by molar-refractivity contribution is 7.17. The van der Waals surface area contributed by atoms with Crippen molar-refractivity contribution in [2.75, 3.05) is 19.8 Å². The number of aliphatic carboxylic acids is 1. The van der Waals surface area contributed by atoms with Crippen LogP contribution < -0.4 is 9.47 Å². The first-order valence-corrected chi connectivity index (χ1v) is 13.9. The summed E-state index contributed by atoms with van der Waals surface area (Å²) in [5.41, 5.74) is 5.67. The molecule has 3 aromatic carbocycles. The molecule has 6 heteroatoms. The van der Waals surface area contributed by atoms with E-state index in [2.05, 4.69) is 67.5 Å². The predicted molar refractivity (Wildman–Crippen MR) is 156 cm³/mol. The minimum absolute atomic E-state index is 0.0197.